The molecule has 0 spiro atoms. The smallest absolute Gasteiger partial charge is 0.160 e. The maximum absolute atomic E-state index is 10.7. The third-order valence-electron chi connectivity index (χ3n) is 6.33. The fraction of sp³-hybridized carbons (Fsp3) is 0.111. The van der Waals surface area contributed by atoms with Gasteiger partial charge in [0.25, 0.3) is 0 Å². The van der Waals surface area contributed by atoms with E-state index in [4.69, 9.17) is 61.7 Å². The molecule has 1 radical (unpaired) electrons. The molecule has 6 aromatic rings. The molecule has 0 amide bonds. The molecule has 16 nitrogen and oxygen atoms in total. The van der Waals surface area contributed by atoms with Crippen molar-refractivity contribution in [2.75, 3.05) is 11.5 Å². The van der Waals surface area contributed by atoms with Crippen LogP contribution in [0.4, 0.5) is 18.9 Å². The number of halogens is 3. The van der Waals surface area contributed by atoms with Gasteiger partial charge in [0, 0.05) is 90.8 Å². The molecule has 0 aliphatic carbocycles. The fourth-order valence-corrected chi connectivity index (χ4v) is 4.42. The molecule has 0 atom stereocenters. The summed E-state index contributed by atoms with van der Waals surface area (Å²) in [5.41, 5.74) is 1.11. The monoisotopic (exact) mass is 1270 g/mol. The molecule has 0 saturated heterocycles. The molecule has 3 aromatic heterocycles. The normalized spacial score (nSPS) is 7.84. The molecule has 0 saturated carbocycles. The Morgan fingerprint density at radius 2 is 1.04 bits per heavy atom. The van der Waals surface area contributed by atoms with Crippen LogP contribution >= 0.6 is 0 Å². The summed E-state index contributed by atoms with van der Waals surface area (Å²) >= 11 is 9.17. The van der Waals surface area contributed by atoms with Crippen LogP contribution in [0.3, 0.4) is 0 Å². The maximum Gasteiger partial charge on any atom is 0.160 e. The summed E-state index contributed by atoms with van der Waals surface area (Å²) < 4.78 is 121. The number of aromatic nitrogens is 4. The molecule has 25 heteroatoms. The van der Waals surface area contributed by atoms with Crippen LogP contribution in [-0.2, 0) is 134 Å². The van der Waals surface area contributed by atoms with E-state index in [-0.39, 0.29) is 54.6 Å². The number of hydrogen-bond acceptors (Lipinski definition) is 8. The summed E-state index contributed by atoms with van der Waals surface area (Å²) in [6.07, 6.45) is 6.25. The van der Waals surface area contributed by atoms with Gasteiger partial charge in [-0.15, -0.1) is 0 Å². The van der Waals surface area contributed by atoms with E-state index < -0.39 is 15.6 Å². The number of benzene rings is 3. The van der Waals surface area contributed by atoms with Crippen molar-refractivity contribution in [2.45, 2.75) is 18.5 Å². The van der Waals surface area contributed by atoms with Crippen molar-refractivity contribution < 1.29 is 118 Å². The number of fused-ring (bicyclic) bond motifs is 1. The van der Waals surface area contributed by atoms with E-state index in [1.165, 1.54) is 5.56 Å². The van der Waals surface area contributed by atoms with Gasteiger partial charge in [-0.25, -0.2) is 18.2 Å². The summed E-state index contributed by atoms with van der Waals surface area (Å²) in [4.78, 5) is 16.5. The van der Waals surface area contributed by atoms with Gasteiger partial charge in [0.15, 0.2) is 21.6 Å². The average molecular weight is 1270 g/mol. The van der Waals surface area contributed by atoms with E-state index in [0.29, 0.717) is 5.69 Å². The second-order valence-electron chi connectivity index (χ2n) is 10.0. The first-order valence-corrected chi connectivity index (χ1v) is 19.1. The Morgan fingerprint density at radius 3 is 1.43 bits per heavy atom. The van der Waals surface area contributed by atoms with Crippen LogP contribution in [0.15, 0.2) is 128 Å². The van der Waals surface area contributed by atoms with Gasteiger partial charge in [0.2, 0.25) is 0 Å². The maximum atomic E-state index is 10.7. The van der Waals surface area contributed by atoms with Crippen LogP contribution in [0, 0.1) is 71.6 Å². The number of nitrogens with zero attached hydrogens (tertiary/aromatic N) is 5. The number of alkyl halides is 3. The predicted octanol–water partition coefficient (Wildman–Crippen LogP) is 7.39. The van der Waals surface area contributed by atoms with Crippen molar-refractivity contribution in [3.8, 4) is 23.4 Å². The van der Waals surface area contributed by atoms with Crippen molar-refractivity contribution in [3.05, 3.63) is 209 Å². The molecule has 0 fully saturated rings. The van der Waals surface area contributed by atoms with Crippen molar-refractivity contribution in [3.63, 3.8) is 0 Å². The molecule has 70 heavy (non-hydrogen) atoms. The summed E-state index contributed by atoms with van der Waals surface area (Å²) in [7, 11) is -6.09. The Labute approximate surface area is 448 Å². The fourth-order valence-electron chi connectivity index (χ4n) is 3.95. The SMILES string of the molecule is O=S(=O)([O-])C(F)(F)F.[C-]#[N+]c1ccc(C#Cc2ccncc2)cc1.[C-]#[O+].[C-]#[O+].[C-]#[O+].[C-]#[O+].[C-]#[O+].[C-]#[O+].[C-]#[O+].[C-]#[O+].[Fe].[Fe].[Re].[S-]CCC[S-].c1ccc(Cn2c(-c3ccccn3)nc3ccccc32)cc1. The van der Waals surface area contributed by atoms with Gasteiger partial charge in [0.05, 0.1) is 17.6 Å². The minimum atomic E-state index is -6.09. The van der Waals surface area contributed by atoms with E-state index in [9.17, 15) is 13.2 Å². The topological polar surface area (TPSA) is 264 Å². The molecule has 0 unspecified atom stereocenters. The second kappa shape index (κ2) is 59.6. The molecule has 3 aromatic carbocycles. The van der Waals surface area contributed by atoms with E-state index in [2.05, 4.69) is 140 Å². The Bertz CT molecular complexity index is 2510. The van der Waals surface area contributed by atoms with E-state index >= 15 is 0 Å². The Morgan fingerprint density at radius 1 is 0.629 bits per heavy atom. The van der Waals surface area contributed by atoms with Gasteiger partial charge in [-0.3, -0.25) is 9.97 Å². The molecular weight excluding hydrogens is 1240 g/mol. The van der Waals surface area contributed by atoms with Gasteiger partial charge in [-0.2, -0.15) is 24.7 Å². The molecule has 365 valence electrons. The zero-order valence-electron chi connectivity index (χ0n) is 35.1. The number of rotatable bonds is 5. The van der Waals surface area contributed by atoms with Crippen LogP contribution in [0.1, 0.15) is 23.1 Å². The van der Waals surface area contributed by atoms with Gasteiger partial charge >= 0.3 is 95.9 Å². The molecular formula is C45H29F3Fe2N5O11ReS3-3. The second-order valence-corrected chi connectivity index (χ2v) is 12.2. The van der Waals surface area contributed by atoms with E-state index in [0.717, 1.165) is 58.1 Å². The quantitative estimate of drug-likeness (QED) is 0.0319. The molecule has 0 N–H and O–H groups in total. The average Bonchev–Trinajstić information content (AvgIpc) is 3.77. The minimum Gasteiger partial charge on any atom is -0.793 e. The predicted molar refractivity (Wildman–Crippen MR) is 228 cm³/mol. The third kappa shape index (κ3) is 39.4. The van der Waals surface area contributed by atoms with E-state index in [1.807, 2.05) is 72.9 Å². The molecule has 6 rings (SSSR count). The van der Waals surface area contributed by atoms with E-state index in [1.54, 1.807) is 24.5 Å². The van der Waals surface area contributed by atoms with Gasteiger partial charge in [-0.05, 0) is 42.0 Å². The van der Waals surface area contributed by atoms with Crippen molar-refractivity contribution in [1.82, 2.24) is 19.5 Å². The van der Waals surface area contributed by atoms with Crippen LogP contribution in [0.25, 0.3) is 27.4 Å². The zero-order valence-corrected chi connectivity index (χ0v) is 42.5. The molecule has 0 aliphatic heterocycles. The van der Waals surface area contributed by atoms with Gasteiger partial charge in [0.1, 0.15) is 5.69 Å². The number of para-hydroxylation sites is 2. The minimum absolute atomic E-state index is 0. The first-order chi connectivity index (χ1) is 32.5. The first kappa shape index (κ1) is 84.4. The van der Waals surface area contributed by atoms with Crippen molar-refractivity contribution in [2.24, 2.45) is 0 Å². The Balaban J connectivity index is -0.0000000983. The zero-order chi connectivity index (χ0) is 53.1. The van der Waals surface area contributed by atoms with Gasteiger partial charge in [-0.1, -0.05) is 91.1 Å². The van der Waals surface area contributed by atoms with Gasteiger partial charge < -0.3 is 34.4 Å². The molecule has 3 heterocycles. The Hall–Kier alpha value is -5.50. The Kier molecular flexibility index (Phi) is 71.9. The number of pyridine rings is 2. The molecule has 0 bridgehead atoms. The summed E-state index contributed by atoms with van der Waals surface area (Å²) in [5, 5.41) is 0. The summed E-state index contributed by atoms with van der Waals surface area (Å²) in [5.74, 6) is 8.62. The summed E-state index contributed by atoms with van der Waals surface area (Å²) in [6, 6.07) is 35.5. The van der Waals surface area contributed by atoms with Crippen LogP contribution in [-0.4, -0.2) is 49.5 Å². The molecule has 0 aliphatic rings. The summed E-state index contributed by atoms with van der Waals surface area (Å²) in [6.45, 7) is 43.6. The van der Waals surface area contributed by atoms with Crippen molar-refractivity contribution >= 4 is 52.1 Å². The number of imidazole rings is 1. The van der Waals surface area contributed by atoms with Crippen LogP contribution in [0.2, 0.25) is 0 Å². The third-order valence-corrected chi connectivity index (χ3v) is 7.48. The largest absolute Gasteiger partial charge is 0.793 e. The number of hydrogen-bond donors (Lipinski definition) is 0. The standard InChI is InChI=1S/C19H15N3.C14H8N2.C3H8S2.CHF3O3S.8CO.2Fe.Re/c1-2-8-15(9-3-1)14-22-18-12-5-4-10-16(18)21-19(22)17-11-6-7-13-20-17;1-15-14-6-4-12(5-7-14)2-3-13-8-10-16-11-9-13;4-2-1-3-5;2-1(3,4)8(5,6)7;8*1-2;;;/h1-13H,14H2;4-11H;4-5H,1-3H2;(H,5,6,7);;;;;;;;;;;/p-3. The van der Waals surface area contributed by atoms with Crippen LogP contribution < -0.4 is 0 Å². The van der Waals surface area contributed by atoms with Crippen molar-refractivity contribution in [1.29, 1.82) is 0 Å². The van der Waals surface area contributed by atoms with Crippen LogP contribution in [0.5, 0.6) is 0 Å². The first-order valence-electron chi connectivity index (χ1n) is 16.6.